The minimum absolute atomic E-state index is 0.0280. The van der Waals surface area contributed by atoms with Gasteiger partial charge in [-0.2, -0.15) is 0 Å². The molecule has 0 fully saturated rings. The number of rotatable bonds is 8. The molecule has 0 spiro atoms. The molecular formula is C22H22ClNO3. The zero-order valence-electron chi connectivity index (χ0n) is 15.2. The third-order valence-corrected chi connectivity index (χ3v) is 4.51. The first kappa shape index (κ1) is 19.1. The quantitative estimate of drug-likeness (QED) is 0.543. The first-order chi connectivity index (χ1) is 13.1. The van der Waals surface area contributed by atoms with Crippen LogP contribution in [-0.4, -0.2) is 17.4 Å². The molecule has 0 saturated carbocycles. The lowest BCUT2D eigenvalue weighted by atomic mass is 10.2. The Bertz CT molecular complexity index is 842. The van der Waals surface area contributed by atoms with E-state index in [1.165, 1.54) is 5.56 Å². The predicted octanol–water partition coefficient (Wildman–Crippen LogP) is 5.10. The Morgan fingerprint density at radius 2 is 1.70 bits per heavy atom. The molecule has 1 aromatic heterocycles. The van der Waals surface area contributed by atoms with Crippen molar-refractivity contribution in [3.05, 3.63) is 88.8 Å². The number of furan rings is 1. The summed E-state index contributed by atoms with van der Waals surface area (Å²) in [7, 11) is 0. The van der Waals surface area contributed by atoms with Gasteiger partial charge in [-0.25, -0.2) is 0 Å². The van der Waals surface area contributed by atoms with Crippen molar-refractivity contribution in [3.8, 4) is 5.75 Å². The van der Waals surface area contributed by atoms with Crippen molar-refractivity contribution in [2.24, 2.45) is 0 Å². The number of hydrogen-bond donors (Lipinski definition) is 0. The highest BCUT2D eigenvalue weighted by molar-refractivity contribution is 6.30. The molecule has 3 rings (SSSR count). The van der Waals surface area contributed by atoms with Crippen LogP contribution in [0.1, 0.15) is 23.8 Å². The fourth-order valence-corrected chi connectivity index (χ4v) is 2.82. The van der Waals surface area contributed by atoms with Crippen LogP contribution < -0.4 is 4.74 Å². The molecule has 3 aromatic rings. The first-order valence-electron chi connectivity index (χ1n) is 8.90. The zero-order chi connectivity index (χ0) is 19.1. The van der Waals surface area contributed by atoms with E-state index in [1.54, 1.807) is 11.2 Å². The normalized spacial score (nSPS) is 10.6. The number of nitrogens with zero attached hydrogens (tertiary/aromatic N) is 1. The standard InChI is InChI=1S/C22H22ClNO3/c1-2-17-7-11-20(12-8-17)27-16-22(25)24(15-21-4-3-13-26-21)14-18-5-9-19(23)10-6-18/h3-13H,2,14-16H2,1H3. The maximum absolute atomic E-state index is 12.8. The molecule has 1 heterocycles. The van der Waals surface area contributed by atoms with Gasteiger partial charge < -0.3 is 14.1 Å². The molecule has 0 unspecified atom stereocenters. The smallest absolute Gasteiger partial charge is 0.261 e. The molecule has 2 aromatic carbocycles. The van der Waals surface area contributed by atoms with Crippen molar-refractivity contribution >= 4 is 17.5 Å². The second-order valence-corrected chi connectivity index (χ2v) is 6.68. The van der Waals surface area contributed by atoms with E-state index in [4.69, 9.17) is 20.8 Å². The molecular weight excluding hydrogens is 362 g/mol. The Balaban J connectivity index is 1.66. The van der Waals surface area contributed by atoms with Crippen molar-refractivity contribution < 1.29 is 13.9 Å². The van der Waals surface area contributed by atoms with Gasteiger partial charge in [-0.3, -0.25) is 4.79 Å². The molecule has 4 nitrogen and oxygen atoms in total. The summed E-state index contributed by atoms with van der Waals surface area (Å²) >= 11 is 5.95. The minimum atomic E-state index is -0.110. The van der Waals surface area contributed by atoms with Crippen LogP contribution in [0, 0.1) is 0 Å². The minimum Gasteiger partial charge on any atom is -0.484 e. The van der Waals surface area contributed by atoms with E-state index >= 15 is 0 Å². The van der Waals surface area contributed by atoms with Crippen LogP contribution in [0.5, 0.6) is 5.75 Å². The van der Waals surface area contributed by atoms with Crippen molar-refractivity contribution in [2.45, 2.75) is 26.4 Å². The first-order valence-corrected chi connectivity index (χ1v) is 9.28. The molecule has 0 aliphatic heterocycles. The highest BCUT2D eigenvalue weighted by atomic mass is 35.5. The maximum atomic E-state index is 12.8. The maximum Gasteiger partial charge on any atom is 0.261 e. The van der Waals surface area contributed by atoms with E-state index in [0.29, 0.717) is 23.9 Å². The van der Waals surface area contributed by atoms with Gasteiger partial charge in [0, 0.05) is 11.6 Å². The molecule has 0 aliphatic carbocycles. The van der Waals surface area contributed by atoms with Gasteiger partial charge in [0.25, 0.3) is 5.91 Å². The number of ether oxygens (including phenoxy) is 1. The van der Waals surface area contributed by atoms with Gasteiger partial charge >= 0.3 is 0 Å². The number of hydrogen-bond acceptors (Lipinski definition) is 3. The summed E-state index contributed by atoms with van der Waals surface area (Å²) in [5.41, 5.74) is 2.22. The highest BCUT2D eigenvalue weighted by Gasteiger charge is 2.17. The van der Waals surface area contributed by atoms with E-state index in [-0.39, 0.29) is 12.5 Å². The van der Waals surface area contributed by atoms with E-state index in [1.807, 2.05) is 60.7 Å². The molecule has 0 aliphatic rings. The lowest BCUT2D eigenvalue weighted by molar-refractivity contribution is -0.134. The summed E-state index contributed by atoms with van der Waals surface area (Å²) in [6.45, 7) is 2.91. The Morgan fingerprint density at radius 3 is 2.33 bits per heavy atom. The second kappa shape index (κ2) is 9.28. The second-order valence-electron chi connectivity index (χ2n) is 6.24. The predicted molar refractivity (Wildman–Crippen MR) is 106 cm³/mol. The summed E-state index contributed by atoms with van der Waals surface area (Å²) in [6.07, 6.45) is 2.57. The van der Waals surface area contributed by atoms with Gasteiger partial charge in [-0.1, -0.05) is 42.8 Å². The third kappa shape index (κ3) is 5.63. The monoisotopic (exact) mass is 383 g/mol. The van der Waals surface area contributed by atoms with E-state index in [9.17, 15) is 4.79 Å². The number of benzene rings is 2. The number of carbonyl (C=O) groups is 1. The Hall–Kier alpha value is -2.72. The van der Waals surface area contributed by atoms with Crippen LogP contribution in [-0.2, 0) is 24.3 Å². The topological polar surface area (TPSA) is 42.7 Å². The van der Waals surface area contributed by atoms with Crippen molar-refractivity contribution in [2.75, 3.05) is 6.61 Å². The average molecular weight is 384 g/mol. The van der Waals surface area contributed by atoms with Crippen LogP contribution in [0.2, 0.25) is 5.02 Å². The Kier molecular flexibility index (Phi) is 6.55. The van der Waals surface area contributed by atoms with E-state index < -0.39 is 0 Å². The van der Waals surface area contributed by atoms with Crippen molar-refractivity contribution in [1.82, 2.24) is 4.90 Å². The number of aryl methyl sites for hydroxylation is 1. The van der Waals surface area contributed by atoms with Gasteiger partial charge in [0.15, 0.2) is 6.61 Å². The van der Waals surface area contributed by atoms with Gasteiger partial charge in [0.2, 0.25) is 0 Å². The molecule has 0 atom stereocenters. The summed E-state index contributed by atoms with van der Waals surface area (Å²) in [5.74, 6) is 1.30. The van der Waals surface area contributed by atoms with Crippen LogP contribution in [0.25, 0.3) is 0 Å². The van der Waals surface area contributed by atoms with Crippen LogP contribution in [0.15, 0.2) is 71.3 Å². The fraction of sp³-hybridized carbons (Fsp3) is 0.227. The van der Waals surface area contributed by atoms with Gasteiger partial charge in [0.05, 0.1) is 12.8 Å². The van der Waals surface area contributed by atoms with Crippen molar-refractivity contribution in [3.63, 3.8) is 0 Å². The fourth-order valence-electron chi connectivity index (χ4n) is 2.69. The molecule has 140 valence electrons. The van der Waals surface area contributed by atoms with Crippen LogP contribution in [0.3, 0.4) is 0 Å². The average Bonchev–Trinajstić information content (AvgIpc) is 3.21. The number of amides is 1. The Labute approximate surface area is 164 Å². The van der Waals surface area contributed by atoms with Crippen molar-refractivity contribution in [1.29, 1.82) is 0 Å². The van der Waals surface area contributed by atoms with Gasteiger partial charge in [-0.05, 0) is 53.9 Å². The molecule has 5 heteroatoms. The largest absolute Gasteiger partial charge is 0.484 e. The number of carbonyl (C=O) groups excluding carboxylic acids is 1. The Morgan fingerprint density at radius 1 is 1.00 bits per heavy atom. The number of halogens is 1. The summed E-state index contributed by atoms with van der Waals surface area (Å²) < 4.78 is 11.1. The summed E-state index contributed by atoms with van der Waals surface area (Å²) in [4.78, 5) is 14.5. The van der Waals surface area contributed by atoms with E-state index in [0.717, 1.165) is 17.7 Å². The third-order valence-electron chi connectivity index (χ3n) is 4.26. The molecule has 0 radical (unpaired) electrons. The molecule has 0 saturated heterocycles. The molecule has 0 bridgehead atoms. The lowest BCUT2D eigenvalue weighted by Crippen LogP contribution is -2.34. The zero-order valence-corrected chi connectivity index (χ0v) is 16.0. The molecule has 1 amide bonds. The summed E-state index contributed by atoms with van der Waals surface area (Å²) in [6, 6.07) is 18.9. The van der Waals surface area contributed by atoms with Gasteiger partial charge in [-0.15, -0.1) is 0 Å². The molecule has 0 N–H and O–H groups in total. The molecule has 27 heavy (non-hydrogen) atoms. The van der Waals surface area contributed by atoms with Gasteiger partial charge in [0.1, 0.15) is 11.5 Å². The van der Waals surface area contributed by atoms with Crippen LogP contribution in [0.4, 0.5) is 0 Å². The summed E-state index contributed by atoms with van der Waals surface area (Å²) in [5, 5.41) is 0.668. The SMILES string of the molecule is CCc1ccc(OCC(=O)N(Cc2ccc(Cl)cc2)Cc2ccco2)cc1. The highest BCUT2D eigenvalue weighted by Crippen LogP contribution is 2.16. The van der Waals surface area contributed by atoms with E-state index in [2.05, 4.69) is 6.92 Å². The lowest BCUT2D eigenvalue weighted by Gasteiger charge is -2.22. The van der Waals surface area contributed by atoms with Crippen LogP contribution >= 0.6 is 11.6 Å².